The van der Waals surface area contributed by atoms with Gasteiger partial charge in [0.05, 0.1) is 11.9 Å². The van der Waals surface area contributed by atoms with E-state index < -0.39 is 0 Å². The van der Waals surface area contributed by atoms with Crippen molar-refractivity contribution in [3.8, 4) is 6.07 Å². The first-order valence-corrected chi connectivity index (χ1v) is 8.06. The zero-order valence-corrected chi connectivity index (χ0v) is 14.3. The zero-order chi connectivity index (χ0) is 17.2. The topological polar surface area (TPSA) is 71.5 Å². The number of rotatable bonds is 5. The summed E-state index contributed by atoms with van der Waals surface area (Å²) in [6.07, 6.45) is 9.32. The monoisotopic (exact) mass is 322 g/mol. The maximum atomic E-state index is 9.41. The Labute approximate surface area is 141 Å². The lowest BCUT2D eigenvalue weighted by Crippen LogP contribution is -2.21. The van der Waals surface area contributed by atoms with Gasteiger partial charge in [0.15, 0.2) is 0 Å². The maximum absolute atomic E-state index is 9.41. The molecule has 0 fully saturated rings. The third-order valence-corrected chi connectivity index (χ3v) is 3.98. The molecule has 0 aliphatic carbocycles. The van der Waals surface area contributed by atoms with Crippen LogP contribution in [0.15, 0.2) is 37.2 Å². The predicted octanol–water partition coefficient (Wildman–Crippen LogP) is 2.65. The van der Waals surface area contributed by atoms with Gasteiger partial charge in [0.25, 0.3) is 0 Å². The van der Waals surface area contributed by atoms with Crippen molar-refractivity contribution in [2.24, 2.45) is 0 Å². The average Bonchev–Trinajstić information content (AvgIpc) is 3.18. The van der Waals surface area contributed by atoms with Crippen LogP contribution < -0.4 is 5.32 Å². The van der Waals surface area contributed by atoms with Crippen LogP contribution in [0, 0.1) is 11.3 Å². The molecule has 6 heteroatoms. The van der Waals surface area contributed by atoms with Gasteiger partial charge in [-0.2, -0.15) is 5.26 Å². The van der Waals surface area contributed by atoms with E-state index in [0.717, 1.165) is 36.2 Å². The number of aromatic nitrogens is 4. The van der Waals surface area contributed by atoms with E-state index in [1.807, 2.05) is 29.5 Å². The molecule has 3 aromatic heterocycles. The maximum Gasteiger partial charge on any atom is 0.141 e. The summed E-state index contributed by atoms with van der Waals surface area (Å²) < 4.78 is 4.10. The summed E-state index contributed by atoms with van der Waals surface area (Å²) >= 11 is 0. The zero-order valence-electron chi connectivity index (χ0n) is 14.3. The van der Waals surface area contributed by atoms with Crippen LogP contribution in [-0.4, -0.2) is 25.6 Å². The predicted molar refractivity (Wildman–Crippen MR) is 93.4 cm³/mol. The standard InChI is InChI=1S/C18H22N6/c1-18(2,3)24-12-15(9-19)16-8-14(11-22-17(16)24)10-20-4-6-23-7-5-21-13-23/h5,7-8,11-13,20H,4,6,10H2,1-3H3. The summed E-state index contributed by atoms with van der Waals surface area (Å²) in [7, 11) is 0. The first-order chi connectivity index (χ1) is 11.5. The van der Waals surface area contributed by atoms with Crippen molar-refractivity contribution in [3.05, 3.63) is 48.3 Å². The van der Waals surface area contributed by atoms with E-state index in [9.17, 15) is 5.26 Å². The van der Waals surface area contributed by atoms with Crippen LogP contribution in [0.1, 0.15) is 31.9 Å². The molecule has 124 valence electrons. The molecular formula is C18H22N6. The van der Waals surface area contributed by atoms with Gasteiger partial charge in [-0.1, -0.05) is 0 Å². The highest BCUT2D eigenvalue weighted by Gasteiger charge is 2.19. The molecule has 6 nitrogen and oxygen atoms in total. The van der Waals surface area contributed by atoms with Crippen LogP contribution in [0.3, 0.4) is 0 Å². The summed E-state index contributed by atoms with van der Waals surface area (Å²) in [5, 5.41) is 13.7. The lowest BCUT2D eigenvalue weighted by atomic mass is 10.1. The van der Waals surface area contributed by atoms with E-state index in [-0.39, 0.29) is 5.54 Å². The lowest BCUT2D eigenvalue weighted by Gasteiger charge is -2.21. The Hall–Kier alpha value is -2.65. The van der Waals surface area contributed by atoms with Gasteiger partial charge in [-0.25, -0.2) is 9.97 Å². The van der Waals surface area contributed by atoms with Crippen LogP contribution in [0.2, 0.25) is 0 Å². The van der Waals surface area contributed by atoms with Gasteiger partial charge in [-0.15, -0.1) is 0 Å². The third kappa shape index (κ3) is 3.31. The number of hydrogen-bond donors (Lipinski definition) is 1. The lowest BCUT2D eigenvalue weighted by molar-refractivity contribution is 0.408. The Bertz CT molecular complexity index is 861. The van der Waals surface area contributed by atoms with Gasteiger partial charge in [0, 0.05) is 55.3 Å². The Morgan fingerprint density at radius 2 is 2.17 bits per heavy atom. The Morgan fingerprint density at radius 3 is 2.83 bits per heavy atom. The Morgan fingerprint density at radius 1 is 1.33 bits per heavy atom. The molecule has 0 radical (unpaired) electrons. The molecule has 0 spiro atoms. The smallest absolute Gasteiger partial charge is 0.141 e. The molecule has 3 rings (SSSR count). The van der Waals surface area contributed by atoms with Gasteiger partial charge in [-0.05, 0) is 32.4 Å². The Kier molecular flexibility index (Phi) is 4.36. The fourth-order valence-electron chi connectivity index (χ4n) is 2.71. The van der Waals surface area contributed by atoms with Crippen LogP contribution in [0.25, 0.3) is 11.0 Å². The molecule has 0 bridgehead atoms. The van der Waals surface area contributed by atoms with E-state index in [4.69, 9.17) is 0 Å². The molecule has 0 amide bonds. The molecule has 0 aliphatic rings. The normalized spacial score (nSPS) is 11.8. The second-order valence-electron chi connectivity index (χ2n) is 6.89. The molecule has 0 unspecified atom stereocenters. The summed E-state index contributed by atoms with van der Waals surface area (Å²) in [5.41, 5.74) is 2.51. The molecule has 0 aromatic carbocycles. The minimum absolute atomic E-state index is 0.106. The molecule has 3 heterocycles. The summed E-state index contributed by atoms with van der Waals surface area (Å²) in [4.78, 5) is 8.63. The van der Waals surface area contributed by atoms with Crippen LogP contribution >= 0.6 is 0 Å². The molecule has 0 saturated carbocycles. The van der Waals surface area contributed by atoms with Crippen molar-refractivity contribution in [1.29, 1.82) is 5.26 Å². The quantitative estimate of drug-likeness (QED) is 0.733. The Balaban J connectivity index is 1.75. The van der Waals surface area contributed by atoms with E-state index >= 15 is 0 Å². The number of hydrogen-bond acceptors (Lipinski definition) is 4. The molecule has 3 aromatic rings. The van der Waals surface area contributed by atoms with Crippen molar-refractivity contribution in [2.45, 2.75) is 39.4 Å². The van der Waals surface area contributed by atoms with E-state index in [1.54, 1.807) is 6.20 Å². The summed E-state index contributed by atoms with van der Waals surface area (Å²) in [6.45, 7) is 8.79. The molecule has 0 aliphatic heterocycles. The van der Waals surface area contributed by atoms with Gasteiger partial charge in [0.2, 0.25) is 0 Å². The van der Waals surface area contributed by atoms with Crippen molar-refractivity contribution >= 4 is 11.0 Å². The molecule has 1 N–H and O–H groups in total. The minimum atomic E-state index is -0.106. The van der Waals surface area contributed by atoms with Crippen LogP contribution in [0.4, 0.5) is 0 Å². The van der Waals surface area contributed by atoms with Crippen molar-refractivity contribution in [3.63, 3.8) is 0 Å². The average molecular weight is 322 g/mol. The number of imidazole rings is 1. The van der Waals surface area contributed by atoms with E-state index in [0.29, 0.717) is 5.56 Å². The number of pyridine rings is 1. The summed E-state index contributed by atoms with van der Waals surface area (Å²) in [6, 6.07) is 4.35. The highest BCUT2D eigenvalue weighted by atomic mass is 15.1. The second kappa shape index (κ2) is 6.46. The van der Waals surface area contributed by atoms with Gasteiger partial charge in [0.1, 0.15) is 11.7 Å². The summed E-state index contributed by atoms with van der Waals surface area (Å²) in [5.74, 6) is 0. The number of fused-ring (bicyclic) bond motifs is 1. The number of nitrogens with zero attached hydrogens (tertiary/aromatic N) is 5. The van der Waals surface area contributed by atoms with Gasteiger partial charge < -0.3 is 14.5 Å². The highest BCUT2D eigenvalue weighted by molar-refractivity contribution is 5.84. The third-order valence-electron chi connectivity index (χ3n) is 3.98. The van der Waals surface area contributed by atoms with Gasteiger partial charge in [-0.3, -0.25) is 0 Å². The van der Waals surface area contributed by atoms with Crippen molar-refractivity contribution in [1.82, 2.24) is 24.4 Å². The van der Waals surface area contributed by atoms with Gasteiger partial charge >= 0.3 is 0 Å². The molecular weight excluding hydrogens is 300 g/mol. The number of nitrogens with one attached hydrogen (secondary N) is 1. The SMILES string of the molecule is CC(C)(C)n1cc(C#N)c2cc(CNCCn3ccnc3)cnc21. The molecule has 0 saturated heterocycles. The second-order valence-corrected chi connectivity index (χ2v) is 6.89. The highest BCUT2D eigenvalue weighted by Crippen LogP contribution is 2.26. The van der Waals surface area contributed by atoms with Crippen LogP contribution in [0.5, 0.6) is 0 Å². The molecule has 0 atom stereocenters. The van der Waals surface area contributed by atoms with E-state index in [2.05, 4.69) is 52.8 Å². The number of nitriles is 1. The van der Waals surface area contributed by atoms with Crippen molar-refractivity contribution in [2.75, 3.05) is 6.54 Å². The van der Waals surface area contributed by atoms with E-state index in [1.165, 1.54) is 0 Å². The largest absolute Gasteiger partial charge is 0.336 e. The van der Waals surface area contributed by atoms with Crippen LogP contribution in [-0.2, 0) is 18.6 Å². The minimum Gasteiger partial charge on any atom is -0.336 e. The first-order valence-electron chi connectivity index (χ1n) is 8.06. The fraction of sp³-hybridized carbons (Fsp3) is 0.389. The van der Waals surface area contributed by atoms with Crippen molar-refractivity contribution < 1.29 is 0 Å². The molecule has 24 heavy (non-hydrogen) atoms. The first kappa shape index (κ1) is 16.2. The fourth-order valence-corrected chi connectivity index (χ4v) is 2.71.